The van der Waals surface area contributed by atoms with Crippen LogP contribution in [0.25, 0.3) is 22.2 Å². The van der Waals surface area contributed by atoms with Crippen LogP contribution in [-0.4, -0.2) is 23.0 Å². The smallest absolute Gasteiger partial charge is 0.0730 e. The van der Waals surface area contributed by atoms with Crippen molar-refractivity contribution < 1.29 is 0 Å². The van der Waals surface area contributed by atoms with Gasteiger partial charge in [-0.2, -0.15) is 0 Å². The Morgan fingerprint density at radius 1 is 0.839 bits per heavy atom. The van der Waals surface area contributed by atoms with Gasteiger partial charge in [-0.1, -0.05) is 60.5 Å². The first-order chi connectivity index (χ1) is 15.2. The highest BCUT2D eigenvalue weighted by atomic mass is 35.5. The lowest BCUT2D eigenvalue weighted by Gasteiger charge is -2.26. The molecule has 1 N–H and O–H groups in total. The van der Waals surface area contributed by atoms with Crippen molar-refractivity contribution in [1.29, 1.82) is 0 Å². The first-order valence-corrected chi connectivity index (χ1v) is 11.4. The number of halogens is 1. The van der Waals surface area contributed by atoms with Crippen LogP contribution in [0.2, 0.25) is 5.02 Å². The zero-order valence-corrected chi connectivity index (χ0v) is 18.3. The van der Waals surface area contributed by atoms with Crippen molar-refractivity contribution >= 4 is 33.9 Å². The van der Waals surface area contributed by atoms with Gasteiger partial charge in [-0.25, -0.2) is 4.98 Å². The molecule has 0 radical (unpaired) electrons. The summed E-state index contributed by atoms with van der Waals surface area (Å²) in [6.45, 7) is 3.47. The zero-order chi connectivity index (χ0) is 21.0. The molecule has 4 heteroatoms. The summed E-state index contributed by atoms with van der Waals surface area (Å²) in [6, 6.07) is 27.0. The predicted octanol–water partition coefficient (Wildman–Crippen LogP) is 7.28. The Morgan fingerprint density at radius 2 is 1.65 bits per heavy atom. The molecule has 0 spiro atoms. The van der Waals surface area contributed by atoms with Crippen LogP contribution in [-0.2, 0) is 6.54 Å². The van der Waals surface area contributed by atoms with Crippen molar-refractivity contribution in [2.45, 2.75) is 25.8 Å². The molecular weight excluding hydrogens is 402 g/mol. The van der Waals surface area contributed by atoms with Crippen LogP contribution in [0.15, 0.2) is 78.9 Å². The highest BCUT2D eigenvalue weighted by molar-refractivity contribution is 6.30. The number of pyridine rings is 1. The first-order valence-electron chi connectivity index (χ1n) is 11.0. The second-order valence-corrected chi connectivity index (χ2v) is 8.68. The average molecular weight is 428 g/mol. The maximum Gasteiger partial charge on any atom is 0.0730 e. The van der Waals surface area contributed by atoms with Crippen LogP contribution in [0.4, 0.5) is 11.4 Å². The molecule has 1 aliphatic rings. The molecule has 1 aliphatic heterocycles. The Balaban J connectivity index is 1.42. The van der Waals surface area contributed by atoms with Gasteiger partial charge in [-0.3, -0.25) is 4.90 Å². The van der Waals surface area contributed by atoms with E-state index in [9.17, 15) is 0 Å². The Bertz CT molecular complexity index is 1180. The van der Waals surface area contributed by atoms with Gasteiger partial charge < -0.3 is 5.32 Å². The molecule has 1 fully saturated rings. The van der Waals surface area contributed by atoms with Crippen molar-refractivity contribution in [1.82, 2.24) is 9.88 Å². The Hall–Kier alpha value is -2.88. The molecule has 5 rings (SSSR count). The zero-order valence-electron chi connectivity index (χ0n) is 17.5. The number of nitrogens with zero attached hydrogens (tertiary/aromatic N) is 2. The lowest BCUT2D eigenvalue weighted by Crippen LogP contribution is -2.29. The fourth-order valence-corrected chi connectivity index (χ4v) is 4.49. The number of fused-ring (bicyclic) bond motifs is 1. The number of benzene rings is 3. The molecule has 31 heavy (non-hydrogen) atoms. The Kier molecular flexibility index (Phi) is 5.88. The van der Waals surface area contributed by atoms with E-state index in [1.807, 2.05) is 30.3 Å². The summed E-state index contributed by atoms with van der Waals surface area (Å²) in [4.78, 5) is 7.42. The van der Waals surface area contributed by atoms with E-state index in [-0.39, 0.29) is 0 Å². The van der Waals surface area contributed by atoms with Gasteiger partial charge in [0.15, 0.2) is 0 Å². The molecule has 1 aromatic heterocycles. The van der Waals surface area contributed by atoms with Gasteiger partial charge in [0.25, 0.3) is 0 Å². The second kappa shape index (κ2) is 9.09. The number of nitrogens with one attached hydrogen (secondary N) is 1. The molecule has 0 bridgehead atoms. The van der Waals surface area contributed by atoms with Crippen LogP contribution in [0.5, 0.6) is 0 Å². The molecule has 0 atom stereocenters. The standard InChI is InChI=1S/C27H26ClN3/c28-22-8-6-7-21(17-22)26-18-27(24-9-2-3-10-25(24)30-26)29-23-13-11-20(12-14-23)19-31-15-4-1-5-16-31/h2-3,6-14,17-18H,1,4-5,15-16,19H2,(H,29,30). The van der Waals surface area contributed by atoms with Crippen LogP contribution < -0.4 is 5.32 Å². The SMILES string of the molecule is Clc1cccc(-c2cc(Nc3ccc(CN4CCCCC4)cc3)c3ccccc3n2)c1. The molecule has 3 aromatic carbocycles. The van der Waals surface area contributed by atoms with Crippen molar-refractivity contribution in [3.8, 4) is 11.3 Å². The van der Waals surface area contributed by atoms with E-state index in [2.05, 4.69) is 58.7 Å². The maximum atomic E-state index is 6.22. The minimum atomic E-state index is 0.714. The summed E-state index contributed by atoms with van der Waals surface area (Å²) in [5.41, 5.74) is 6.37. The van der Waals surface area contributed by atoms with Gasteiger partial charge in [-0.05, 0) is 67.9 Å². The summed E-state index contributed by atoms with van der Waals surface area (Å²) in [5.74, 6) is 0. The van der Waals surface area contributed by atoms with Crippen LogP contribution in [0.3, 0.4) is 0 Å². The van der Waals surface area contributed by atoms with Gasteiger partial charge in [0.05, 0.1) is 16.9 Å². The van der Waals surface area contributed by atoms with Crippen molar-refractivity contribution in [3.63, 3.8) is 0 Å². The number of hydrogen-bond donors (Lipinski definition) is 1. The molecule has 1 saturated heterocycles. The van der Waals surface area contributed by atoms with Gasteiger partial charge >= 0.3 is 0 Å². The number of para-hydroxylation sites is 1. The van der Waals surface area contributed by atoms with Crippen LogP contribution in [0, 0.1) is 0 Å². The van der Waals surface area contributed by atoms with E-state index >= 15 is 0 Å². The molecular formula is C27H26ClN3. The van der Waals surface area contributed by atoms with E-state index in [0.29, 0.717) is 5.02 Å². The minimum absolute atomic E-state index is 0.714. The van der Waals surface area contributed by atoms with Gasteiger partial charge in [-0.15, -0.1) is 0 Å². The summed E-state index contributed by atoms with van der Waals surface area (Å²) in [5, 5.41) is 5.43. The molecule has 3 nitrogen and oxygen atoms in total. The number of likely N-dealkylation sites (tertiary alicyclic amines) is 1. The molecule has 0 aliphatic carbocycles. The second-order valence-electron chi connectivity index (χ2n) is 8.24. The molecule has 4 aromatic rings. The monoisotopic (exact) mass is 427 g/mol. The highest BCUT2D eigenvalue weighted by Crippen LogP contribution is 2.31. The summed E-state index contributed by atoms with van der Waals surface area (Å²) in [7, 11) is 0. The largest absolute Gasteiger partial charge is 0.355 e. The summed E-state index contributed by atoms with van der Waals surface area (Å²) in [6.07, 6.45) is 4.02. The normalized spacial score (nSPS) is 14.6. The van der Waals surface area contributed by atoms with Crippen molar-refractivity contribution in [2.24, 2.45) is 0 Å². The van der Waals surface area contributed by atoms with E-state index in [4.69, 9.17) is 16.6 Å². The summed E-state index contributed by atoms with van der Waals surface area (Å²) >= 11 is 6.22. The number of hydrogen-bond acceptors (Lipinski definition) is 3. The van der Waals surface area contributed by atoms with E-state index in [0.717, 1.165) is 40.1 Å². The minimum Gasteiger partial charge on any atom is -0.355 e. The molecule has 2 heterocycles. The van der Waals surface area contributed by atoms with Gasteiger partial charge in [0.2, 0.25) is 0 Å². The third-order valence-corrected chi connectivity index (χ3v) is 6.16. The molecule has 0 saturated carbocycles. The van der Waals surface area contributed by atoms with Crippen LogP contribution >= 0.6 is 11.6 Å². The quantitative estimate of drug-likeness (QED) is 0.362. The number of rotatable bonds is 5. The number of piperidine rings is 1. The third kappa shape index (κ3) is 4.73. The van der Waals surface area contributed by atoms with E-state index in [1.165, 1.54) is 37.9 Å². The van der Waals surface area contributed by atoms with Crippen molar-refractivity contribution in [3.05, 3.63) is 89.4 Å². The van der Waals surface area contributed by atoms with E-state index < -0.39 is 0 Å². The average Bonchev–Trinajstić information content (AvgIpc) is 2.81. The van der Waals surface area contributed by atoms with Crippen LogP contribution in [0.1, 0.15) is 24.8 Å². The number of aromatic nitrogens is 1. The molecule has 0 unspecified atom stereocenters. The van der Waals surface area contributed by atoms with Crippen molar-refractivity contribution in [2.75, 3.05) is 18.4 Å². The fourth-order valence-electron chi connectivity index (χ4n) is 4.30. The fraction of sp³-hybridized carbons (Fsp3) is 0.222. The lowest BCUT2D eigenvalue weighted by molar-refractivity contribution is 0.221. The predicted molar refractivity (Wildman–Crippen MR) is 131 cm³/mol. The molecule has 156 valence electrons. The topological polar surface area (TPSA) is 28.2 Å². The highest BCUT2D eigenvalue weighted by Gasteiger charge is 2.11. The lowest BCUT2D eigenvalue weighted by atomic mass is 10.1. The first kappa shape index (κ1) is 20.0. The summed E-state index contributed by atoms with van der Waals surface area (Å²) < 4.78 is 0. The van der Waals surface area contributed by atoms with Gasteiger partial charge in [0.1, 0.15) is 0 Å². The van der Waals surface area contributed by atoms with Gasteiger partial charge in [0, 0.05) is 28.2 Å². The molecule has 0 amide bonds. The number of anilines is 2. The Labute approximate surface area is 188 Å². The van der Waals surface area contributed by atoms with E-state index in [1.54, 1.807) is 0 Å². The maximum absolute atomic E-state index is 6.22. The third-order valence-electron chi connectivity index (χ3n) is 5.92. The Morgan fingerprint density at radius 3 is 2.45 bits per heavy atom.